The Labute approximate surface area is 180 Å². The third-order valence-electron chi connectivity index (χ3n) is 4.46. The molecule has 31 heavy (non-hydrogen) atoms. The molecule has 156 valence electrons. The van der Waals surface area contributed by atoms with Gasteiger partial charge in [-0.2, -0.15) is 0 Å². The summed E-state index contributed by atoms with van der Waals surface area (Å²) in [5.41, 5.74) is 1.48. The van der Waals surface area contributed by atoms with Gasteiger partial charge in [-0.3, -0.25) is 4.79 Å². The lowest BCUT2D eigenvalue weighted by atomic mass is 10.1. The van der Waals surface area contributed by atoms with Gasteiger partial charge in [-0.15, -0.1) is 10.2 Å². The first-order valence-corrected chi connectivity index (χ1v) is 10.2. The fourth-order valence-corrected chi connectivity index (χ4v) is 3.90. The first kappa shape index (κ1) is 19.2. The Morgan fingerprint density at radius 1 is 1.06 bits per heavy atom. The maximum atomic E-state index is 13.0. The van der Waals surface area contributed by atoms with Crippen molar-refractivity contribution < 1.29 is 23.2 Å². The van der Waals surface area contributed by atoms with Crippen LogP contribution in [-0.4, -0.2) is 28.1 Å². The number of amides is 1. The van der Waals surface area contributed by atoms with E-state index in [1.807, 2.05) is 36.4 Å². The van der Waals surface area contributed by atoms with Crippen molar-refractivity contribution in [3.63, 3.8) is 0 Å². The van der Waals surface area contributed by atoms with Gasteiger partial charge >= 0.3 is 0 Å². The Balaban J connectivity index is 1.39. The van der Waals surface area contributed by atoms with Crippen LogP contribution >= 0.6 is 11.8 Å². The lowest BCUT2D eigenvalue weighted by Gasteiger charge is -2.13. The molecule has 10 heteroatoms. The van der Waals surface area contributed by atoms with Gasteiger partial charge in [0.1, 0.15) is 11.0 Å². The molecule has 2 aromatic heterocycles. The maximum absolute atomic E-state index is 13.0. The molecule has 5 rings (SSSR count). The zero-order valence-corrected chi connectivity index (χ0v) is 17.1. The summed E-state index contributed by atoms with van der Waals surface area (Å²) < 4.78 is 21.6. The van der Waals surface area contributed by atoms with Crippen molar-refractivity contribution in [3.8, 4) is 23.0 Å². The van der Waals surface area contributed by atoms with Crippen LogP contribution in [0.15, 0.2) is 68.8 Å². The van der Waals surface area contributed by atoms with Crippen LogP contribution in [0.3, 0.4) is 0 Å². The number of benzene rings is 2. The van der Waals surface area contributed by atoms with Gasteiger partial charge in [-0.1, -0.05) is 35.5 Å². The highest BCUT2D eigenvalue weighted by atomic mass is 32.2. The van der Waals surface area contributed by atoms with Crippen LogP contribution in [0.5, 0.6) is 11.5 Å². The smallest absolute Gasteiger partial charge is 0.277 e. The van der Waals surface area contributed by atoms with E-state index in [9.17, 15) is 4.79 Å². The Bertz CT molecular complexity index is 1220. The lowest BCUT2D eigenvalue weighted by molar-refractivity contribution is -0.115. The molecule has 0 aliphatic carbocycles. The molecule has 1 amide bonds. The molecule has 1 aliphatic heterocycles. The number of ether oxygens (including phenoxy) is 2. The number of aryl methyl sites for hydroxylation is 1. The van der Waals surface area contributed by atoms with Crippen LogP contribution in [0.1, 0.15) is 16.6 Å². The second kappa shape index (κ2) is 8.15. The van der Waals surface area contributed by atoms with Gasteiger partial charge < -0.3 is 23.7 Å². The molecular weight excluding hydrogens is 420 g/mol. The Morgan fingerprint density at radius 3 is 2.71 bits per heavy atom. The molecule has 1 N–H and O–H groups in total. The number of anilines is 1. The fourth-order valence-electron chi connectivity index (χ4n) is 3.02. The normalized spacial score (nSPS) is 13.2. The van der Waals surface area contributed by atoms with E-state index in [4.69, 9.17) is 18.4 Å². The van der Waals surface area contributed by atoms with E-state index < -0.39 is 5.25 Å². The number of hydrogen-bond donors (Lipinski definition) is 1. The van der Waals surface area contributed by atoms with Gasteiger partial charge in [0.15, 0.2) is 17.3 Å². The Morgan fingerprint density at radius 2 is 1.90 bits per heavy atom. The first-order valence-electron chi connectivity index (χ1n) is 9.35. The molecule has 0 bridgehead atoms. The molecule has 1 aliphatic rings. The molecule has 0 unspecified atom stereocenters. The van der Waals surface area contributed by atoms with E-state index in [0.29, 0.717) is 34.5 Å². The Kier molecular flexibility index (Phi) is 5.04. The van der Waals surface area contributed by atoms with Gasteiger partial charge in [0.25, 0.3) is 5.22 Å². The molecule has 2 aromatic carbocycles. The lowest BCUT2D eigenvalue weighted by Crippen LogP contribution is -2.19. The first-order chi connectivity index (χ1) is 15.2. The van der Waals surface area contributed by atoms with Gasteiger partial charge in [0, 0.05) is 11.6 Å². The Hall–Kier alpha value is -3.79. The molecule has 0 saturated carbocycles. The van der Waals surface area contributed by atoms with Crippen molar-refractivity contribution in [2.75, 3.05) is 12.1 Å². The van der Waals surface area contributed by atoms with Crippen molar-refractivity contribution in [2.24, 2.45) is 0 Å². The second-order valence-electron chi connectivity index (χ2n) is 6.66. The molecular formula is C21H16N4O5S. The van der Waals surface area contributed by atoms with E-state index in [1.54, 1.807) is 25.1 Å². The fraction of sp³-hybridized carbons (Fsp3) is 0.143. The highest BCUT2D eigenvalue weighted by Gasteiger charge is 2.26. The van der Waals surface area contributed by atoms with Crippen LogP contribution in [0.25, 0.3) is 11.5 Å². The van der Waals surface area contributed by atoms with Crippen LogP contribution in [0.2, 0.25) is 0 Å². The van der Waals surface area contributed by atoms with E-state index in [2.05, 4.69) is 20.7 Å². The van der Waals surface area contributed by atoms with Crippen molar-refractivity contribution >= 4 is 23.5 Å². The number of nitrogens with zero attached hydrogens (tertiary/aromatic N) is 3. The van der Waals surface area contributed by atoms with Gasteiger partial charge in [0.2, 0.25) is 18.6 Å². The summed E-state index contributed by atoms with van der Waals surface area (Å²) >= 11 is 1.15. The average molecular weight is 436 g/mol. The molecule has 0 radical (unpaired) electrons. The molecule has 0 fully saturated rings. The zero-order valence-electron chi connectivity index (χ0n) is 16.3. The summed E-state index contributed by atoms with van der Waals surface area (Å²) in [6.07, 6.45) is 0. The number of aromatic nitrogens is 3. The molecule has 0 spiro atoms. The SMILES string of the molecule is Cc1cc(NC(=O)[C@@H](Sc2nnc(-c3ccc4c(c3)OCO4)o2)c2ccccc2)no1. The molecule has 1 atom stereocenters. The summed E-state index contributed by atoms with van der Waals surface area (Å²) in [4.78, 5) is 13.0. The van der Waals surface area contributed by atoms with Crippen molar-refractivity contribution in [3.05, 3.63) is 65.9 Å². The number of thioether (sulfide) groups is 1. The highest BCUT2D eigenvalue weighted by Crippen LogP contribution is 2.39. The minimum absolute atomic E-state index is 0.183. The third-order valence-corrected chi connectivity index (χ3v) is 5.55. The van der Waals surface area contributed by atoms with Crippen LogP contribution in [0.4, 0.5) is 5.82 Å². The summed E-state index contributed by atoms with van der Waals surface area (Å²) in [7, 11) is 0. The number of carbonyl (C=O) groups excluding carboxylic acids is 1. The van der Waals surface area contributed by atoms with E-state index >= 15 is 0 Å². The van der Waals surface area contributed by atoms with Crippen molar-refractivity contribution in [1.29, 1.82) is 0 Å². The van der Waals surface area contributed by atoms with Crippen LogP contribution < -0.4 is 14.8 Å². The number of nitrogens with one attached hydrogen (secondary N) is 1. The molecule has 9 nitrogen and oxygen atoms in total. The highest BCUT2D eigenvalue weighted by molar-refractivity contribution is 8.00. The van der Waals surface area contributed by atoms with E-state index in [0.717, 1.165) is 17.3 Å². The summed E-state index contributed by atoms with van der Waals surface area (Å²) in [6.45, 7) is 1.94. The largest absolute Gasteiger partial charge is 0.454 e. The summed E-state index contributed by atoms with van der Waals surface area (Å²) in [5.74, 6) is 2.27. The number of rotatable bonds is 6. The number of hydrogen-bond acceptors (Lipinski definition) is 9. The predicted octanol–water partition coefficient (Wildman–Crippen LogP) is 4.23. The zero-order chi connectivity index (χ0) is 21.2. The van der Waals surface area contributed by atoms with Crippen molar-refractivity contribution in [2.45, 2.75) is 17.4 Å². The average Bonchev–Trinajstić information content (AvgIpc) is 3.53. The quantitative estimate of drug-likeness (QED) is 0.444. The molecule has 4 aromatic rings. The monoisotopic (exact) mass is 436 g/mol. The minimum Gasteiger partial charge on any atom is -0.454 e. The topological polar surface area (TPSA) is 113 Å². The minimum atomic E-state index is -0.636. The van der Waals surface area contributed by atoms with E-state index in [-0.39, 0.29) is 17.9 Å². The number of fused-ring (bicyclic) bond motifs is 1. The number of carbonyl (C=O) groups is 1. The maximum Gasteiger partial charge on any atom is 0.277 e. The van der Waals surface area contributed by atoms with Crippen LogP contribution in [0, 0.1) is 6.92 Å². The van der Waals surface area contributed by atoms with Gasteiger partial charge in [-0.05, 0) is 42.4 Å². The summed E-state index contributed by atoms with van der Waals surface area (Å²) in [5, 5.41) is 14.4. The van der Waals surface area contributed by atoms with E-state index in [1.165, 1.54) is 0 Å². The standard InChI is InChI=1S/C21H16N4O5S/c1-12-9-17(25-30-12)22-19(26)18(13-5-3-2-4-6-13)31-21-24-23-20(29-21)14-7-8-15-16(10-14)28-11-27-15/h2-10,18H,11H2,1H3,(H,22,25,26)/t18-/m0/s1. The van der Waals surface area contributed by atoms with Crippen LogP contribution in [-0.2, 0) is 4.79 Å². The summed E-state index contributed by atoms with van der Waals surface area (Å²) in [6, 6.07) is 16.4. The molecule has 3 heterocycles. The predicted molar refractivity (Wildman–Crippen MR) is 111 cm³/mol. The van der Waals surface area contributed by atoms with Gasteiger partial charge in [-0.25, -0.2) is 0 Å². The van der Waals surface area contributed by atoms with Crippen molar-refractivity contribution in [1.82, 2.24) is 15.4 Å². The second-order valence-corrected chi connectivity index (χ2v) is 7.72. The third kappa shape index (κ3) is 4.10. The van der Waals surface area contributed by atoms with Gasteiger partial charge in [0.05, 0.1) is 0 Å². The molecule has 0 saturated heterocycles.